The summed E-state index contributed by atoms with van der Waals surface area (Å²) in [5.74, 6) is 3.12. The molecule has 0 aliphatic heterocycles. The first-order chi connectivity index (χ1) is 18.0. The van der Waals surface area contributed by atoms with E-state index in [1.54, 1.807) is 51.8 Å². The summed E-state index contributed by atoms with van der Waals surface area (Å²) in [5, 5.41) is 5.67. The van der Waals surface area contributed by atoms with Crippen LogP contribution in [0.2, 0.25) is 0 Å². The Hall–Kier alpha value is -4.78. The van der Waals surface area contributed by atoms with Crippen LogP contribution < -0.4 is 24.3 Å². The zero-order valence-corrected chi connectivity index (χ0v) is 21.0. The smallest absolute Gasteiger partial charge is 0.255 e. The molecule has 1 amide bonds. The van der Waals surface area contributed by atoms with Crippen LogP contribution in [0.4, 0.5) is 5.69 Å². The number of methoxy groups -OCH3 is 3. The van der Waals surface area contributed by atoms with Crippen molar-refractivity contribution in [3.63, 3.8) is 0 Å². The van der Waals surface area contributed by atoms with Crippen molar-refractivity contribution in [3.8, 4) is 28.7 Å². The first kappa shape index (κ1) is 23.9. The van der Waals surface area contributed by atoms with E-state index in [4.69, 9.17) is 18.9 Å². The van der Waals surface area contributed by atoms with Crippen LogP contribution in [0.1, 0.15) is 15.9 Å². The molecule has 5 rings (SSSR count). The lowest BCUT2D eigenvalue weighted by Gasteiger charge is -2.15. The van der Waals surface area contributed by atoms with Crippen molar-refractivity contribution in [2.24, 2.45) is 0 Å². The van der Waals surface area contributed by atoms with Gasteiger partial charge in [-0.2, -0.15) is 0 Å². The van der Waals surface area contributed by atoms with E-state index in [2.05, 4.69) is 10.3 Å². The number of nitrogens with zero attached hydrogens (tertiary/aromatic N) is 1. The van der Waals surface area contributed by atoms with Gasteiger partial charge >= 0.3 is 0 Å². The number of rotatable bonds is 7. The quantitative estimate of drug-likeness (QED) is 0.269. The number of amides is 1. The van der Waals surface area contributed by atoms with Crippen LogP contribution in [-0.2, 0) is 0 Å². The van der Waals surface area contributed by atoms with Gasteiger partial charge in [0.15, 0.2) is 11.5 Å². The first-order valence-corrected chi connectivity index (χ1v) is 11.7. The third kappa shape index (κ3) is 4.71. The lowest BCUT2D eigenvalue weighted by Crippen LogP contribution is -2.11. The molecule has 7 nitrogen and oxygen atoms in total. The molecule has 0 fully saturated rings. The Labute approximate surface area is 214 Å². The average molecular weight is 495 g/mol. The number of hydrogen-bond donors (Lipinski definition) is 1. The molecule has 4 aromatic carbocycles. The van der Waals surface area contributed by atoms with Crippen LogP contribution >= 0.6 is 0 Å². The molecule has 5 aromatic rings. The van der Waals surface area contributed by atoms with Gasteiger partial charge in [-0.3, -0.25) is 9.78 Å². The largest absolute Gasteiger partial charge is 0.497 e. The Morgan fingerprint density at radius 1 is 0.730 bits per heavy atom. The second-order valence-corrected chi connectivity index (χ2v) is 8.44. The van der Waals surface area contributed by atoms with Crippen LogP contribution in [-0.4, -0.2) is 32.2 Å². The molecule has 0 aliphatic rings. The van der Waals surface area contributed by atoms with Crippen LogP contribution in [0.3, 0.4) is 0 Å². The minimum absolute atomic E-state index is 0.183. The van der Waals surface area contributed by atoms with Gasteiger partial charge < -0.3 is 24.3 Å². The Morgan fingerprint density at radius 3 is 2.22 bits per heavy atom. The number of pyridine rings is 1. The van der Waals surface area contributed by atoms with Gasteiger partial charge in [0, 0.05) is 28.9 Å². The molecule has 0 saturated carbocycles. The minimum Gasteiger partial charge on any atom is -0.497 e. The van der Waals surface area contributed by atoms with E-state index in [0.29, 0.717) is 34.2 Å². The van der Waals surface area contributed by atoms with E-state index < -0.39 is 0 Å². The number of anilines is 1. The van der Waals surface area contributed by atoms with Gasteiger partial charge in [0.2, 0.25) is 0 Å². The molecule has 0 radical (unpaired) electrons. The molecule has 1 aromatic heterocycles. The molecular formula is C30H26N2O5. The zero-order valence-electron chi connectivity index (χ0n) is 21.0. The second kappa shape index (κ2) is 10.1. The van der Waals surface area contributed by atoms with Gasteiger partial charge in [0.25, 0.3) is 5.91 Å². The second-order valence-electron chi connectivity index (χ2n) is 8.44. The normalized spacial score (nSPS) is 10.8. The summed E-state index contributed by atoms with van der Waals surface area (Å²) in [6.45, 7) is 2.00. The van der Waals surface area contributed by atoms with Gasteiger partial charge in [-0.25, -0.2) is 0 Å². The average Bonchev–Trinajstić information content (AvgIpc) is 2.94. The van der Waals surface area contributed by atoms with Gasteiger partial charge in [-0.15, -0.1) is 0 Å². The highest BCUT2D eigenvalue weighted by atomic mass is 16.5. The molecule has 186 valence electrons. The molecular weight excluding hydrogens is 468 g/mol. The molecule has 7 heteroatoms. The van der Waals surface area contributed by atoms with E-state index in [9.17, 15) is 4.79 Å². The number of fused-ring (bicyclic) bond motifs is 2. The zero-order chi connectivity index (χ0) is 25.9. The molecule has 0 bridgehead atoms. The maximum absolute atomic E-state index is 12.8. The lowest BCUT2D eigenvalue weighted by molar-refractivity contribution is 0.102. The Bertz CT molecular complexity index is 1610. The van der Waals surface area contributed by atoms with E-state index in [1.807, 2.05) is 55.5 Å². The highest BCUT2D eigenvalue weighted by Crippen LogP contribution is 2.38. The summed E-state index contributed by atoms with van der Waals surface area (Å²) >= 11 is 0. The maximum Gasteiger partial charge on any atom is 0.255 e. The number of hydrogen-bond acceptors (Lipinski definition) is 6. The summed E-state index contributed by atoms with van der Waals surface area (Å²) in [6, 6.07) is 22.2. The molecule has 1 heterocycles. The Balaban J connectivity index is 1.43. The first-order valence-electron chi connectivity index (χ1n) is 11.7. The van der Waals surface area contributed by atoms with Gasteiger partial charge in [0.05, 0.1) is 26.8 Å². The fourth-order valence-electron chi connectivity index (χ4n) is 4.25. The number of benzene rings is 4. The van der Waals surface area contributed by atoms with E-state index >= 15 is 0 Å². The lowest BCUT2D eigenvalue weighted by atomic mass is 10.0. The van der Waals surface area contributed by atoms with Crippen molar-refractivity contribution in [1.82, 2.24) is 4.98 Å². The molecule has 0 atom stereocenters. The molecule has 0 aliphatic carbocycles. The fourth-order valence-corrected chi connectivity index (χ4v) is 4.25. The predicted molar refractivity (Wildman–Crippen MR) is 145 cm³/mol. The third-order valence-corrected chi connectivity index (χ3v) is 6.28. The van der Waals surface area contributed by atoms with Crippen molar-refractivity contribution >= 4 is 33.3 Å². The van der Waals surface area contributed by atoms with Crippen molar-refractivity contribution in [3.05, 3.63) is 90.1 Å². The molecule has 0 spiro atoms. The fraction of sp³-hybridized carbons (Fsp3) is 0.133. The van der Waals surface area contributed by atoms with Crippen LogP contribution in [0.25, 0.3) is 21.7 Å². The summed E-state index contributed by atoms with van der Waals surface area (Å²) in [5.41, 5.74) is 2.97. The van der Waals surface area contributed by atoms with Crippen molar-refractivity contribution in [2.45, 2.75) is 6.92 Å². The molecule has 37 heavy (non-hydrogen) atoms. The number of aromatic nitrogens is 1. The Morgan fingerprint density at radius 2 is 1.49 bits per heavy atom. The van der Waals surface area contributed by atoms with E-state index in [-0.39, 0.29) is 5.91 Å². The minimum atomic E-state index is -0.183. The molecule has 1 N–H and O–H groups in total. The summed E-state index contributed by atoms with van der Waals surface area (Å²) in [4.78, 5) is 17.3. The van der Waals surface area contributed by atoms with Crippen molar-refractivity contribution < 1.29 is 23.7 Å². The topological polar surface area (TPSA) is 78.9 Å². The number of nitrogens with one attached hydrogen (secondary N) is 1. The number of carbonyl (C=O) groups is 1. The predicted octanol–water partition coefficient (Wildman–Crippen LogP) is 6.77. The number of ether oxygens (including phenoxy) is 4. The summed E-state index contributed by atoms with van der Waals surface area (Å²) < 4.78 is 22.4. The number of aryl methyl sites for hydroxylation is 1. The Kier molecular flexibility index (Phi) is 6.51. The summed E-state index contributed by atoms with van der Waals surface area (Å²) in [7, 11) is 4.80. The van der Waals surface area contributed by atoms with Crippen LogP contribution in [0, 0.1) is 6.92 Å². The third-order valence-electron chi connectivity index (χ3n) is 6.28. The van der Waals surface area contributed by atoms with Gasteiger partial charge in [-0.05, 0) is 77.9 Å². The van der Waals surface area contributed by atoms with Crippen molar-refractivity contribution in [1.29, 1.82) is 0 Å². The van der Waals surface area contributed by atoms with Crippen LogP contribution in [0.15, 0.2) is 79.0 Å². The molecule has 0 unspecified atom stereocenters. The maximum atomic E-state index is 12.8. The van der Waals surface area contributed by atoms with Crippen LogP contribution in [0.5, 0.6) is 28.7 Å². The van der Waals surface area contributed by atoms with E-state index in [0.717, 1.165) is 33.0 Å². The monoisotopic (exact) mass is 494 g/mol. The number of carbonyl (C=O) groups excluding carboxylic acids is 1. The SMILES string of the molecule is COc1ccc(NC(=O)c2ccc3c(C)c(Oc4ccnc5cc(OC)c(OC)cc45)ccc3c2)cc1. The van der Waals surface area contributed by atoms with Crippen molar-refractivity contribution in [2.75, 3.05) is 26.6 Å². The molecule has 0 saturated heterocycles. The van der Waals surface area contributed by atoms with Gasteiger partial charge in [-0.1, -0.05) is 12.1 Å². The summed E-state index contributed by atoms with van der Waals surface area (Å²) in [6.07, 6.45) is 1.70. The highest BCUT2D eigenvalue weighted by Gasteiger charge is 2.14. The standard InChI is InChI=1S/C30H26N2O5/c1-18-23-11-5-20(30(33)32-21-7-9-22(34-2)10-8-21)15-19(23)6-12-26(18)37-27-13-14-31-25-17-29(36-4)28(35-3)16-24(25)27/h5-17H,1-4H3,(H,32,33). The van der Waals surface area contributed by atoms with E-state index in [1.165, 1.54) is 0 Å². The highest BCUT2D eigenvalue weighted by molar-refractivity contribution is 6.06. The van der Waals surface area contributed by atoms with Gasteiger partial charge in [0.1, 0.15) is 17.2 Å².